The number of carbonyl (C=O) groups is 1. The minimum Gasteiger partial charge on any atom is -0.519 e. The van der Waals surface area contributed by atoms with E-state index in [1.807, 2.05) is 50.0 Å². The number of rotatable bonds is 6. The van der Waals surface area contributed by atoms with Crippen LogP contribution in [0.15, 0.2) is 30.3 Å². The second kappa shape index (κ2) is 6.32. The molecule has 1 aromatic rings. The van der Waals surface area contributed by atoms with Crippen LogP contribution in [0.4, 0.5) is 0 Å². The third-order valence-electron chi connectivity index (χ3n) is 2.76. The van der Waals surface area contributed by atoms with Crippen LogP contribution in [0.25, 0.3) is 0 Å². The zero-order chi connectivity index (χ0) is 14.5. The summed E-state index contributed by atoms with van der Waals surface area (Å²) in [5, 5.41) is 0. The Bertz CT molecular complexity index is 417. The first-order valence-electron chi connectivity index (χ1n) is 6.53. The molecule has 0 aromatic heterocycles. The van der Waals surface area contributed by atoms with Crippen molar-refractivity contribution in [2.24, 2.45) is 11.5 Å². The first kappa shape index (κ1) is 15.9. The molecule has 0 unspecified atom stereocenters. The molecule has 5 heteroatoms. The summed E-state index contributed by atoms with van der Waals surface area (Å²) in [5.74, 6) is -0.332. The fourth-order valence-corrected chi connectivity index (χ4v) is 2.62. The first-order chi connectivity index (χ1) is 8.77. The Balaban J connectivity index is 2.87. The fraction of sp³-hybridized carbons (Fsp3) is 0.500. The molecule has 1 rings (SSSR count). The highest BCUT2D eigenvalue weighted by Gasteiger charge is 2.37. The molecule has 0 radical (unpaired) electrons. The molecule has 0 amide bonds. The quantitative estimate of drug-likeness (QED) is 0.777. The molecule has 106 valence electrons. The van der Waals surface area contributed by atoms with Crippen LogP contribution in [-0.2, 0) is 15.6 Å². The molecule has 0 fully saturated rings. The highest BCUT2D eigenvalue weighted by molar-refractivity contribution is 6.71. The second-order valence-electron chi connectivity index (χ2n) is 5.86. The summed E-state index contributed by atoms with van der Waals surface area (Å²) in [6.45, 7) is 6.27. The van der Waals surface area contributed by atoms with Gasteiger partial charge in [0.05, 0.1) is 0 Å². The molecular formula is C14H24N2O2Si. The van der Waals surface area contributed by atoms with E-state index in [0.717, 1.165) is 5.56 Å². The van der Waals surface area contributed by atoms with Crippen LogP contribution in [0.1, 0.15) is 12.0 Å². The maximum Gasteiger partial charge on any atom is 0.313 e. The largest absolute Gasteiger partial charge is 0.519 e. The van der Waals surface area contributed by atoms with E-state index in [-0.39, 0.29) is 5.97 Å². The summed E-state index contributed by atoms with van der Waals surface area (Å²) >= 11 is 0. The highest BCUT2D eigenvalue weighted by Crippen LogP contribution is 2.19. The van der Waals surface area contributed by atoms with Gasteiger partial charge in [-0.05, 0) is 38.2 Å². The van der Waals surface area contributed by atoms with Crippen molar-refractivity contribution in [2.45, 2.75) is 38.0 Å². The lowest BCUT2D eigenvalue weighted by molar-refractivity contribution is -0.141. The van der Waals surface area contributed by atoms with Gasteiger partial charge in [-0.25, -0.2) is 0 Å². The van der Waals surface area contributed by atoms with Gasteiger partial charge < -0.3 is 15.9 Å². The molecule has 0 aliphatic heterocycles. The summed E-state index contributed by atoms with van der Waals surface area (Å²) in [4.78, 5) is 12.3. The van der Waals surface area contributed by atoms with Crippen LogP contribution < -0.4 is 11.5 Å². The maximum absolute atomic E-state index is 12.3. The summed E-state index contributed by atoms with van der Waals surface area (Å²) in [6.07, 6.45) is 0.875. The van der Waals surface area contributed by atoms with Crippen molar-refractivity contribution >= 4 is 14.3 Å². The van der Waals surface area contributed by atoms with Crippen LogP contribution in [0, 0.1) is 0 Å². The second-order valence-corrected chi connectivity index (χ2v) is 10.3. The smallest absolute Gasteiger partial charge is 0.313 e. The maximum atomic E-state index is 12.3. The van der Waals surface area contributed by atoms with Crippen molar-refractivity contribution in [1.29, 1.82) is 0 Å². The predicted octanol–water partition coefficient (Wildman–Crippen LogP) is 1.65. The van der Waals surface area contributed by atoms with Crippen molar-refractivity contribution in [3.63, 3.8) is 0 Å². The van der Waals surface area contributed by atoms with Crippen LogP contribution in [0.2, 0.25) is 19.6 Å². The Kier molecular flexibility index (Phi) is 5.28. The van der Waals surface area contributed by atoms with E-state index in [9.17, 15) is 4.79 Å². The van der Waals surface area contributed by atoms with Crippen molar-refractivity contribution in [1.82, 2.24) is 0 Å². The lowest BCUT2D eigenvalue weighted by atomic mass is 9.89. The molecule has 0 saturated heterocycles. The molecule has 1 atom stereocenters. The summed E-state index contributed by atoms with van der Waals surface area (Å²) < 4.78 is 5.55. The number of nitrogens with two attached hydrogens (primary N) is 2. The van der Waals surface area contributed by atoms with E-state index in [1.54, 1.807) is 0 Å². The van der Waals surface area contributed by atoms with Gasteiger partial charge in [0.2, 0.25) is 8.32 Å². The van der Waals surface area contributed by atoms with E-state index < -0.39 is 13.9 Å². The van der Waals surface area contributed by atoms with Crippen LogP contribution in [0.5, 0.6) is 0 Å². The topological polar surface area (TPSA) is 78.3 Å². The molecule has 4 N–H and O–H groups in total. The zero-order valence-corrected chi connectivity index (χ0v) is 13.0. The summed E-state index contributed by atoms with van der Waals surface area (Å²) in [5.41, 5.74) is 11.8. The van der Waals surface area contributed by atoms with Crippen LogP contribution in [0.3, 0.4) is 0 Å². The molecular weight excluding hydrogens is 256 g/mol. The monoisotopic (exact) mass is 280 g/mol. The Morgan fingerprint density at radius 1 is 1.26 bits per heavy atom. The van der Waals surface area contributed by atoms with E-state index in [4.69, 9.17) is 15.9 Å². The standard InChI is InChI=1S/C14H24N2O2Si/c1-19(2,3)18-13(17)14(16,9-10-15)11-12-7-5-4-6-8-12/h4-8H,9-11,15-16H2,1-3H3/t14-/m0/s1. The van der Waals surface area contributed by atoms with E-state index in [2.05, 4.69) is 0 Å². The molecule has 0 saturated carbocycles. The zero-order valence-electron chi connectivity index (χ0n) is 12.0. The van der Waals surface area contributed by atoms with Crippen molar-refractivity contribution in [3.05, 3.63) is 35.9 Å². The van der Waals surface area contributed by atoms with E-state index in [0.29, 0.717) is 19.4 Å². The molecule has 19 heavy (non-hydrogen) atoms. The summed E-state index contributed by atoms with van der Waals surface area (Å²) in [6, 6.07) is 9.72. The lowest BCUT2D eigenvalue weighted by Crippen LogP contribution is -2.54. The van der Waals surface area contributed by atoms with E-state index in [1.165, 1.54) is 0 Å². The Labute approximate surface area is 116 Å². The van der Waals surface area contributed by atoms with Gasteiger partial charge in [-0.15, -0.1) is 0 Å². The SMILES string of the molecule is C[Si](C)(C)OC(=O)[C@](N)(CCN)Cc1ccccc1. The molecule has 1 aromatic carbocycles. The molecule has 0 bridgehead atoms. The van der Waals surface area contributed by atoms with Crippen LogP contribution in [-0.4, -0.2) is 26.4 Å². The predicted molar refractivity (Wildman–Crippen MR) is 80.2 cm³/mol. The van der Waals surface area contributed by atoms with Gasteiger partial charge in [-0.3, -0.25) is 4.79 Å². The lowest BCUT2D eigenvalue weighted by Gasteiger charge is -2.30. The third-order valence-corrected chi connectivity index (χ3v) is 3.56. The summed E-state index contributed by atoms with van der Waals surface area (Å²) in [7, 11) is -1.95. The number of benzene rings is 1. The normalized spacial score (nSPS) is 14.8. The van der Waals surface area contributed by atoms with Gasteiger partial charge in [0.25, 0.3) is 0 Å². The van der Waals surface area contributed by atoms with Crippen LogP contribution >= 0.6 is 0 Å². The average Bonchev–Trinajstić information content (AvgIpc) is 2.28. The Morgan fingerprint density at radius 2 is 1.84 bits per heavy atom. The molecule has 0 aliphatic carbocycles. The first-order valence-corrected chi connectivity index (χ1v) is 9.94. The van der Waals surface area contributed by atoms with E-state index >= 15 is 0 Å². The Morgan fingerprint density at radius 3 is 2.32 bits per heavy atom. The van der Waals surface area contributed by atoms with Gasteiger partial charge in [0.15, 0.2) is 0 Å². The Hall–Kier alpha value is -1.17. The van der Waals surface area contributed by atoms with Crippen molar-refractivity contribution in [2.75, 3.05) is 6.54 Å². The average molecular weight is 280 g/mol. The van der Waals surface area contributed by atoms with Gasteiger partial charge in [0.1, 0.15) is 5.54 Å². The van der Waals surface area contributed by atoms with Crippen molar-refractivity contribution in [3.8, 4) is 0 Å². The molecule has 0 spiro atoms. The van der Waals surface area contributed by atoms with Gasteiger partial charge >= 0.3 is 5.97 Å². The number of carbonyl (C=O) groups excluding carboxylic acids is 1. The minimum atomic E-state index is -1.95. The fourth-order valence-electron chi connectivity index (χ4n) is 1.86. The number of hydrogen-bond donors (Lipinski definition) is 2. The molecule has 0 aliphatic rings. The molecule has 0 heterocycles. The van der Waals surface area contributed by atoms with Crippen molar-refractivity contribution < 1.29 is 9.22 Å². The highest BCUT2D eigenvalue weighted by atomic mass is 28.4. The van der Waals surface area contributed by atoms with Gasteiger partial charge in [0, 0.05) is 6.42 Å². The third kappa shape index (κ3) is 5.14. The molecule has 4 nitrogen and oxygen atoms in total. The van der Waals surface area contributed by atoms with Gasteiger partial charge in [-0.1, -0.05) is 30.3 Å². The number of hydrogen-bond acceptors (Lipinski definition) is 4. The minimum absolute atomic E-state index is 0.332. The van der Waals surface area contributed by atoms with Gasteiger partial charge in [-0.2, -0.15) is 0 Å².